The molecule has 132 valence electrons. The molecule has 3 heterocycles. The molecule has 0 saturated carbocycles. The molecule has 6 nitrogen and oxygen atoms in total. The molecule has 0 fully saturated rings. The Morgan fingerprint density at radius 1 is 1.08 bits per heavy atom. The number of pyridine rings is 1. The Bertz CT molecular complexity index is 1090. The van der Waals surface area contributed by atoms with E-state index < -0.39 is 0 Å². The van der Waals surface area contributed by atoms with Crippen molar-refractivity contribution >= 4 is 22.4 Å². The molecule has 0 unspecified atom stereocenters. The molecule has 0 amide bonds. The van der Waals surface area contributed by atoms with E-state index in [0.717, 1.165) is 45.0 Å². The summed E-state index contributed by atoms with van der Waals surface area (Å²) in [7, 11) is 5.66. The van der Waals surface area contributed by atoms with E-state index in [0.29, 0.717) is 0 Å². The minimum atomic E-state index is 0.810. The van der Waals surface area contributed by atoms with E-state index in [1.54, 1.807) is 7.11 Å². The van der Waals surface area contributed by atoms with Gasteiger partial charge in [-0.3, -0.25) is 4.68 Å². The van der Waals surface area contributed by atoms with Crippen LogP contribution in [0.5, 0.6) is 5.75 Å². The molecule has 0 atom stereocenters. The predicted molar refractivity (Wildman–Crippen MR) is 104 cm³/mol. The lowest BCUT2D eigenvalue weighted by molar-refractivity contribution is 0.414. The van der Waals surface area contributed by atoms with Crippen molar-refractivity contribution in [1.29, 1.82) is 0 Å². The summed E-state index contributed by atoms with van der Waals surface area (Å²) in [4.78, 5) is 4.56. The fourth-order valence-electron chi connectivity index (χ4n) is 3.17. The minimum Gasteiger partial charge on any atom is -0.497 e. The number of anilines is 2. The van der Waals surface area contributed by atoms with Gasteiger partial charge in [0.25, 0.3) is 0 Å². The highest BCUT2D eigenvalue weighted by Crippen LogP contribution is 2.29. The van der Waals surface area contributed by atoms with Crippen molar-refractivity contribution in [1.82, 2.24) is 19.3 Å². The summed E-state index contributed by atoms with van der Waals surface area (Å²) in [6.07, 6.45) is 5.79. The third-order valence-electron chi connectivity index (χ3n) is 4.62. The maximum atomic E-state index is 5.27. The van der Waals surface area contributed by atoms with Gasteiger partial charge in [-0.15, -0.1) is 0 Å². The molecule has 4 aromatic rings. The van der Waals surface area contributed by atoms with Crippen molar-refractivity contribution < 1.29 is 4.74 Å². The quantitative estimate of drug-likeness (QED) is 0.605. The van der Waals surface area contributed by atoms with E-state index in [2.05, 4.69) is 39.1 Å². The van der Waals surface area contributed by atoms with Crippen molar-refractivity contribution in [3.63, 3.8) is 0 Å². The number of methoxy groups -OCH3 is 1. The van der Waals surface area contributed by atoms with Gasteiger partial charge in [0.15, 0.2) is 0 Å². The Kier molecular flexibility index (Phi) is 3.88. The van der Waals surface area contributed by atoms with Crippen molar-refractivity contribution in [2.45, 2.75) is 6.92 Å². The predicted octanol–water partition coefficient (Wildman–Crippen LogP) is 4.03. The SMILES string of the molecule is COc1ccc(Nc2cc3c(cn2)cc(-c2cnn(C)c2)n3C)c(C)c1. The number of hydrogen-bond donors (Lipinski definition) is 1. The monoisotopic (exact) mass is 347 g/mol. The highest BCUT2D eigenvalue weighted by atomic mass is 16.5. The summed E-state index contributed by atoms with van der Waals surface area (Å²) >= 11 is 0. The van der Waals surface area contributed by atoms with Crippen LogP contribution in [-0.4, -0.2) is 26.4 Å². The first-order valence-corrected chi connectivity index (χ1v) is 8.41. The Balaban J connectivity index is 1.70. The summed E-state index contributed by atoms with van der Waals surface area (Å²) in [5.41, 5.74) is 5.44. The first kappa shape index (κ1) is 16.2. The van der Waals surface area contributed by atoms with Gasteiger partial charge < -0.3 is 14.6 Å². The summed E-state index contributed by atoms with van der Waals surface area (Å²) in [5, 5.41) is 8.77. The standard InChI is InChI=1S/C20H21N5O/c1-13-7-16(26-4)5-6-17(13)23-20-9-19-14(10-21-20)8-18(25(19)3)15-11-22-24(2)12-15/h5-12H,1-4H3,(H,21,23). The lowest BCUT2D eigenvalue weighted by Gasteiger charge is -2.11. The third-order valence-corrected chi connectivity index (χ3v) is 4.62. The molecule has 0 bridgehead atoms. The number of hydrogen-bond acceptors (Lipinski definition) is 4. The van der Waals surface area contributed by atoms with Gasteiger partial charge in [-0.2, -0.15) is 5.10 Å². The Morgan fingerprint density at radius 2 is 1.92 bits per heavy atom. The van der Waals surface area contributed by atoms with Gasteiger partial charge >= 0.3 is 0 Å². The van der Waals surface area contributed by atoms with Crippen LogP contribution in [0.1, 0.15) is 5.56 Å². The average molecular weight is 347 g/mol. The van der Waals surface area contributed by atoms with Crippen LogP contribution in [0.25, 0.3) is 22.2 Å². The van der Waals surface area contributed by atoms with Crippen molar-refractivity contribution in [2.24, 2.45) is 14.1 Å². The van der Waals surface area contributed by atoms with Crippen LogP contribution in [0.4, 0.5) is 11.5 Å². The topological polar surface area (TPSA) is 56.9 Å². The van der Waals surface area contributed by atoms with E-state index >= 15 is 0 Å². The largest absolute Gasteiger partial charge is 0.497 e. The molecule has 4 rings (SSSR count). The summed E-state index contributed by atoms with van der Waals surface area (Å²) < 4.78 is 9.24. The summed E-state index contributed by atoms with van der Waals surface area (Å²) in [6.45, 7) is 2.05. The molecule has 0 aliphatic rings. The van der Waals surface area contributed by atoms with Gasteiger partial charge in [0.2, 0.25) is 0 Å². The Morgan fingerprint density at radius 3 is 2.62 bits per heavy atom. The lowest BCUT2D eigenvalue weighted by atomic mass is 10.2. The molecule has 1 N–H and O–H groups in total. The van der Waals surface area contributed by atoms with Gasteiger partial charge in [0.1, 0.15) is 11.6 Å². The number of aromatic nitrogens is 4. The van der Waals surface area contributed by atoms with E-state index in [4.69, 9.17) is 4.74 Å². The first-order chi connectivity index (χ1) is 12.5. The molecule has 0 aliphatic heterocycles. The van der Waals surface area contributed by atoms with Gasteiger partial charge in [0.05, 0.1) is 24.5 Å². The number of rotatable bonds is 4. The summed E-state index contributed by atoms with van der Waals surface area (Å²) in [6, 6.07) is 10.2. The maximum absolute atomic E-state index is 5.27. The fourth-order valence-corrected chi connectivity index (χ4v) is 3.17. The molecule has 3 aromatic heterocycles. The smallest absolute Gasteiger partial charge is 0.132 e. The van der Waals surface area contributed by atoms with Crippen LogP contribution in [-0.2, 0) is 14.1 Å². The number of fused-ring (bicyclic) bond motifs is 1. The molecule has 26 heavy (non-hydrogen) atoms. The number of aryl methyl sites for hydroxylation is 3. The van der Waals surface area contributed by atoms with Crippen LogP contribution in [0, 0.1) is 6.92 Å². The fraction of sp³-hybridized carbons (Fsp3) is 0.200. The van der Waals surface area contributed by atoms with Crippen molar-refractivity contribution in [3.05, 3.63) is 54.5 Å². The van der Waals surface area contributed by atoms with E-state index in [1.807, 2.05) is 55.4 Å². The molecule has 6 heteroatoms. The van der Waals surface area contributed by atoms with E-state index in [-0.39, 0.29) is 0 Å². The van der Waals surface area contributed by atoms with E-state index in [9.17, 15) is 0 Å². The zero-order valence-corrected chi connectivity index (χ0v) is 15.3. The maximum Gasteiger partial charge on any atom is 0.132 e. The zero-order valence-electron chi connectivity index (χ0n) is 15.3. The molecule has 0 radical (unpaired) electrons. The van der Waals surface area contributed by atoms with E-state index in [1.165, 1.54) is 0 Å². The van der Waals surface area contributed by atoms with Crippen LogP contribution >= 0.6 is 0 Å². The molecule has 0 saturated heterocycles. The molecular weight excluding hydrogens is 326 g/mol. The van der Waals surface area contributed by atoms with Gasteiger partial charge in [-0.05, 0) is 36.8 Å². The lowest BCUT2D eigenvalue weighted by Crippen LogP contribution is -1.97. The van der Waals surface area contributed by atoms with Crippen molar-refractivity contribution in [3.8, 4) is 17.0 Å². The average Bonchev–Trinajstić information content (AvgIpc) is 3.20. The first-order valence-electron chi connectivity index (χ1n) is 8.41. The second-order valence-corrected chi connectivity index (χ2v) is 6.43. The third kappa shape index (κ3) is 2.79. The molecule has 0 spiro atoms. The Labute approximate surface area is 152 Å². The van der Waals surface area contributed by atoms with Crippen LogP contribution in [0.15, 0.2) is 48.9 Å². The number of ether oxygens (including phenoxy) is 1. The second-order valence-electron chi connectivity index (χ2n) is 6.43. The molecular formula is C20H21N5O. The highest BCUT2D eigenvalue weighted by Gasteiger charge is 2.11. The highest BCUT2D eigenvalue weighted by molar-refractivity contribution is 5.88. The van der Waals surface area contributed by atoms with Gasteiger partial charge in [-0.1, -0.05) is 0 Å². The minimum absolute atomic E-state index is 0.810. The number of benzene rings is 1. The van der Waals surface area contributed by atoms with Crippen LogP contribution in [0.2, 0.25) is 0 Å². The van der Waals surface area contributed by atoms with Crippen LogP contribution < -0.4 is 10.1 Å². The number of nitrogens with one attached hydrogen (secondary N) is 1. The number of nitrogens with zero attached hydrogens (tertiary/aromatic N) is 4. The normalized spacial score (nSPS) is 11.1. The Hall–Kier alpha value is -3.28. The zero-order chi connectivity index (χ0) is 18.3. The van der Waals surface area contributed by atoms with Crippen molar-refractivity contribution in [2.75, 3.05) is 12.4 Å². The second kappa shape index (κ2) is 6.22. The van der Waals surface area contributed by atoms with Gasteiger partial charge in [-0.25, -0.2) is 4.98 Å². The molecule has 0 aliphatic carbocycles. The van der Waals surface area contributed by atoms with Gasteiger partial charge in [0, 0.05) is 49.2 Å². The summed E-state index contributed by atoms with van der Waals surface area (Å²) in [5.74, 6) is 1.66. The van der Waals surface area contributed by atoms with Crippen LogP contribution in [0.3, 0.4) is 0 Å². The molecule has 1 aromatic carbocycles.